The molecule has 0 radical (unpaired) electrons. The molecule has 1 aromatic rings. The van der Waals surface area contributed by atoms with Gasteiger partial charge in [0.25, 0.3) is 0 Å². The quantitative estimate of drug-likeness (QED) is 0.772. The van der Waals surface area contributed by atoms with E-state index in [1.165, 1.54) is 30.7 Å². The van der Waals surface area contributed by atoms with Crippen LogP contribution in [-0.4, -0.2) is 9.36 Å². The SMILES string of the molecule is CC1CCC(c2nc(Br)ns2)CC1. The minimum absolute atomic E-state index is 0.681. The van der Waals surface area contributed by atoms with E-state index in [1.807, 2.05) is 0 Å². The fourth-order valence-electron chi connectivity index (χ4n) is 1.89. The van der Waals surface area contributed by atoms with E-state index in [9.17, 15) is 0 Å². The van der Waals surface area contributed by atoms with Crippen molar-refractivity contribution in [3.8, 4) is 0 Å². The molecule has 0 N–H and O–H groups in total. The normalized spacial score (nSPS) is 29.1. The van der Waals surface area contributed by atoms with Crippen LogP contribution >= 0.6 is 27.5 Å². The summed E-state index contributed by atoms with van der Waals surface area (Å²) >= 11 is 4.85. The van der Waals surface area contributed by atoms with Crippen molar-refractivity contribution < 1.29 is 0 Å². The van der Waals surface area contributed by atoms with Crippen molar-refractivity contribution in [3.05, 3.63) is 9.74 Å². The van der Waals surface area contributed by atoms with E-state index in [0.717, 1.165) is 10.7 Å². The highest BCUT2D eigenvalue weighted by molar-refractivity contribution is 9.10. The number of hydrogen-bond acceptors (Lipinski definition) is 3. The molecule has 1 aliphatic rings. The van der Waals surface area contributed by atoms with Crippen LogP contribution in [0.4, 0.5) is 0 Å². The van der Waals surface area contributed by atoms with Gasteiger partial charge in [-0.05, 0) is 46.2 Å². The first-order valence-corrected chi connectivity index (χ1v) is 6.31. The Bertz CT molecular complexity index is 279. The molecule has 0 saturated heterocycles. The van der Waals surface area contributed by atoms with Gasteiger partial charge in [0.15, 0.2) is 0 Å². The maximum Gasteiger partial charge on any atom is 0.209 e. The molecule has 0 unspecified atom stereocenters. The van der Waals surface area contributed by atoms with Gasteiger partial charge in [0.2, 0.25) is 4.73 Å². The van der Waals surface area contributed by atoms with Crippen LogP contribution < -0.4 is 0 Å². The Labute approximate surface area is 91.1 Å². The molecule has 1 aliphatic carbocycles. The highest BCUT2D eigenvalue weighted by Gasteiger charge is 2.22. The molecule has 1 aromatic heterocycles. The van der Waals surface area contributed by atoms with Crippen molar-refractivity contribution in [2.75, 3.05) is 0 Å². The Kier molecular flexibility index (Phi) is 2.99. The highest BCUT2D eigenvalue weighted by Crippen LogP contribution is 2.36. The summed E-state index contributed by atoms with van der Waals surface area (Å²) in [5.41, 5.74) is 0. The molecule has 1 heterocycles. The molecule has 1 fully saturated rings. The summed E-state index contributed by atoms with van der Waals surface area (Å²) in [6.07, 6.45) is 5.29. The third-order valence-corrected chi connectivity index (χ3v) is 4.25. The molecule has 0 atom stereocenters. The molecule has 0 bridgehead atoms. The zero-order chi connectivity index (χ0) is 9.26. The van der Waals surface area contributed by atoms with Crippen LogP contribution in [0, 0.1) is 5.92 Å². The Morgan fingerprint density at radius 3 is 2.54 bits per heavy atom. The summed E-state index contributed by atoms with van der Waals surface area (Å²) in [4.78, 5) is 4.38. The fraction of sp³-hybridized carbons (Fsp3) is 0.778. The maximum absolute atomic E-state index is 4.38. The van der Waals surface area contributed by atoms with Gasteiger partial charge in [0.05, 0.1) is 0 Å². The summed E-state index contributed by atoms with van der Waals surface area (Å²) in [6.45, 7) is 2.34. The molecule has 2 rings (SSSR count). The van der Waals surface area contributed by atoms with E-state index >= 15 is 0 Å². The summed E-state index contributed by atoms with van der Waals surface area (Å²) in [6, 6.07) is 0. The molecular weight excluding hydrogens is 248 g/mol. The van der Waals surface area contributed by atoms with E-state index in [0.29, 0.717) is 5.92 Å². The van der Waals surface area contributed by atoms with Gasteiger partial charge in [0, 0.05) is 5.92 Å². The standard InChI is InChI=1S/C9H13BrN2S/c1-6-2-4-7(5-3-6)8-11-9(10)12-13-8/h6-7H,2-5H2,1H3. The number of aromatic nitrogens is 2. The van der Waals surface area contributed by atoms with E-state index in [2.05, 4.69) is 32.2 Å². The highest BCUT2D eigenvalue weighted by atomic mass is 79.9. The molecular formula is C9H13BrN2S. The minimum Gasteiger partial charge on any atom is -0.214 e. The molecule has 72 valence electrons. The maximum atomic E-state index is 4.38. The van der Waals surface area contributed by atoms with Crippen molar-refractivity contribution in [1.29, 1.82) is 0 Å². The van der Waals surface area contributed by atoms with Crippen LogP contribution in [-0.2, 0) is 0 Å². The van der Waals surface area contributed by atoms with Crippen LogP contribution in [0.3, 0.4) is 0 Å². The van der Waals surface area contributed by atoms with Gasteiger partial charge >= 0.3 is 0 Å². The van der Waals surface area contributed by atoms with Gasteiger partial charge in [-0.15, -0.1) is 0 Å². The van der Waals surface area contributed by atoms with Crippen molar-refractivity contribution in [2.24, 2.45) is 5.92 Å². The second kappa shape index (κ2) is 4.05. The van der Waals surface area contributed by atoms with Gasteiger partial charge in [-0.2, -0.15) is 4.37 Å². The monoisotopic (exact) mass is 260 g/mol. The second-order valence-corrected chi connectivity index (χ2v) is 5.35. The first-order valence-electron chi connectivity index (χ1n) is 4.75. The third-order valence-electron chi connectivity index (χ3n) is 2.78. The van der Waals surface area contributed by atoms with E-state index < -0.39 is 0 Å². The van der Waals surface area contributed by atoms with Crippen LogP contribution in [0.25, 0.3) is 0 Å². The van der Waals surface area contributed by atoms with E-state index in [1.54, 1.807) is 11.5 Å². The minimum atomic E-state index is 0.681. The summed E-state index contributed by atoms with van der Waals surface area (Å²) < 4.78 is 4.91. The molecule has 1 saturated carbocycles. The molecule has 4 heteroatoms. The average Bonchev–Trinajstić information content (AvgIpc) is 2.53. The van der Waals surface area contributed by atoms with Crippen LogP contribution in [0.1, 0.15) is 43.5 Å². The second-order valence-electron chi connectivity index (χ2n) is 3.86. The lowest BCUT2D eigenvalue weighted by Gasteiger charge is -2.23. The number of hydrogen-bond donors (Lipinski definition) is 0. The van der Waals surface area contributed by atoms with E-state index in [-0.39, 0.29) is 0 Å². The van der Waals surface area contributed by atoms with E-state index in [4.69, 9.17) is 0 Å². The van der Waals surface area contributed by atoms with Crippen LogP contribution in [0.5, 0.6) is 0 Å². The topological polar surface area (TPSA) is 25.8 Å². The fourth-order valence-corrected chi connectivity index (χ4v) is 3.14. The van der Waals surface area contributed by atoms with Gasteiger partial charge in [0.1, 0.15) is 5.01 Å². The molecule has 13 heavy (non-hydrogen) atoms. The Hall–Kier alpha value is 0.0400. The lowest BCUT2D eigenvalue weighted by molar-refractivity contribution is 0.347. The third kappa shape index (κ3) is 2.29. The summed E-state index contributed by atoms with van der Waals surface area (Å²) in [7, 11) is 0. The van der Waals surface area contributed by atoms with Crippen molar-refractivity contribution in [2.45, 2.75) is 38.5 Å². The Morgan fingerprint density at radius 2 is 2.00 bits per heavy atom. The van der Waals surface area contributed by atoms with Crippen molar-refractivity contribution in [3.63, 3.8) is 0 Å². The number of nitrogens with zero attached hydrogens (tertiary/aromatic N) is 2. The van der Waals surface area contributed by atoms with Gasteiger partial charge in [-0.25, -0.2) is 4.98 Å². The molecule has 0 amide bonds. The molecule has 0 aromatic carbocycles. The summed E-state index contributed by atoms with van der Waals surface area (Å²) in [5.74, 6) is 1.59. The van der Waals surface area contributed by atoms with Crippen molar-refractivity contribution >= 4 is 27.5 Å². The van der Waals surface area contributed by atoms with Crippen LogP contribution in [0.2, 0.25) is 0 Å². The molecule has 0 aliphatic heterocycles. The summed E-state index contributed by atoms with van der Waals surface area (Å²) in [5, 5.41) is 1.22. The largest absolute Gasteiger partial charge is 0.214 e. The number of halogens is 1. The first kappa shape index (κ1) is 9.59. The lowest BCUT2D eigenvalue weighted by Crippen LogP contribution is -2.10. The zero-order valence-electron chi connectivity index (χ0n) is 7.66. The van der Waals surface area contributed by atoms with Crippen LogP contribution in [0.15, 0.2) is 4.73 Å². The predicted octanol–water partition coefficient (Wildman–Crippen LogP) is 3.59. The zero-order valence-corrected chi connectivity index (χ0v) is 10.1. The molecule has 2 nitrogen and oxygen atoms in total. The Morgan fingerprint density at radius 1 is 1.31 bits per heavy atom. The smallest absolute Gasteiger partial charge is 0.209 e. The predicted molar refractivity (Wildman–Crippen MR) is 58.0 cm³/mol. The van der Waals surface area contributed by atoms with Gasteiger partial charge < -0.3 is 0 Å². The molecule has 0 spiro atoms. The van der Waals surface area contributed by atoms with Crippen molar-refractivity contribution in [1.82, 2.24) is 9.36 Å². The Balaban J connectivity index is 2.02. The average molecular weight is 261 g/mol. The number of rotatable bonds is 1. The van der Waals surface area contributed by atoms with Gasteiger partial charge in [-0.1, -0.05) is 19.8 Å². The van der Waals surface area contributed by atoms with Gasteiger partial charge in [-0.3, -0.25) is 0 Å². The first-order chi connectivity index (χ1) is 6.25. The lowest BCUT2D eigenvalue weighted by atomic mass is 9.83.